The van der Waals surface area contributed by atoms with E-state index in [0.717, 1.165) is 0 Å². The number of nitrogens with one attached hydrogen (secondary N) is 1. The molecule has 5 nitrogen and oxygen atoms in total. The van der Waals surface area contributed by atoms with Crippen LogP contribution in [0, 0.1) is 0 Å². The molecule has 7 heteroatoms. The Labute approximate surface area is 60.3 Å². The minimum absolute atomic E-state index is 0.00454. The lowest BCUT2D eigenvalue weighted by molar-refractivity contribution is -0.109. The van der Waals surface area contributed by atoms with Gasteiger partial charge in [0.25, 0.3) is 9.15 Å². The average Bonchev–Trinajstić information content (AvgIpc) is 2.11. The van der Waals surface area contributed by atoms with E-state index in [1.807, 2.05) is 0 Å². The lowest BCUT2D eigenvalue weighted by Crippen LogP contribution is -2.22. The molecular formula is C3H5NO4S2. The van der Waals surface area contributed by atoms with E-state index >= 15 is 0 Å². The van der Waals surface area contributed by atoms with Crippen LogP contribution in [-0.2, 0) is 23.9 Å². The molecule has 0 amide bonds. The van der Waals surface area contributed by atoms with Crippen molar-refractivity contribution in [1.82, 2.24) is 5.32 Å². The number of rotatable bonds is 1. The van der Waals surface area contributed by atoms with Gasteiger partial charge in [0, 0.05) is 0 Å². The zero-order valence-electron chi connectivity index (χ0n) is 4.86. The van der Waals surface area contributed by atoms with Crippen LogP contribution in [-0.4, -0.2) is 30.5 Å². The summed E-state index contributed by atoms with van der Waals surface area (Å²) >= 11 is 0. The van der Waals surface area contributed by atoms with Crippen LogP contribution in [0.5, 0.6) is 0 Å². The molecule has 58 valence electrons. The molecule has 1 heterocycles. The summed E-state index contributed by atoms with van der Waals surface area (Å²) in [4.78, 5) is 10.6. The highest BCUT2D eigenvalue weighted by atomic mass is 33.2. The van der Waals surface area contributed by atoms with E-state index < -0.39 is 24.2 Å². The van der Waals surface area contributed by atoms with Crippen LogP contribution >= 0.6 is 0 Å². The van der Waals surface area contributed by atoms with Gasteiger partial charge in [-0.15, -0.1) is 0 Å². The van der Waals surface area contributed by atoms with Crippen LogP contribution < -0.4 is 5.32 Å². The second-order valence-electron chi connectivity index (χ2n) is 1.70. The van der Waals surface area contributed by atoms with E-state index in [9.17, 15) is 17.8 Å². The maximum Gasteiger partial charge on any atom is 0.362 e. The number of carbonyl (C=O) groups is 1. The molecule has 1 unspecified atom stereocenters. The van der Waals surface area contributed by atoms with Crippen molar-refractivity contribution in [3.8, 4) is 0 Å². The Hall–Kier alpha value is -0.110. The number of carbonyl (C=O) groups excluding carboxylic acids is 1. The van der Waals surface area contributed by atoms with Gasteiger partial charge in [-0.05, 0) is 0 Å². The minimum Gasteiger partial charge on any atom is -0.707 e. The van der Waals surface area contributed by atoms with E-state index in [-0.39, 0.29) is 12.4 Å². The summed E-state index contributed by atoms with van der Waals surface area (Å²) in [6.45, 7) is 0.00454. The van der Waals surface area contributed by atoms with Crippen LogP contribution in [0.4, 0.5) is 0 Å². The highest BCUT2D eigenvalue weighted by molar-refractivity contribution is 8.73. The van der Waals surface area contributed by atoms with Crippen LogP contribution in [0.1, 0.15) is 0 Å². The Morgan fingerprint density at radius 1 is 1.60 bits per heavy atom. The third-order valence-corrected chi connectivity index (χ3v) is 5.00. The maximum absolute atomic E-state index is 10.6. The van der Waals surface area contributed by atoms with Gasteiger partial charge in [-0.3, -0.25) is 5.32 Å². The molecule has 1 saturated heterocycles. The molecule has 0 bridgehead atoms. The molecule has 1 aliphatic rings. The molecule has 0 radical (unpaired) electrons. The first kappa shape index (κ1) is 7.99. The third kappa shape index (κ3) is 1.48. The predicted octanol–water partition coefficient (Wildman–Crippen LogP) is -1.85. The molecule has 10 heavy (non-hydrogen) atoms. The van der Waals surface area contributed by atoms with Crippen molar-refractivity contribution >= 4 is 24.2 Å². The molecule has 0 aromatic rings. The van der Waals surface area contributed by atoms with Gasteiger partial charge in [-0.2, -0.15) is 8.42 Å². The number of hydrogen-bond acceptors (Lipinski definition) is 5. The van der Waals surface area contributed by atoms with Crippen molar-refractivity contribution in [1.29, 1.82) is 0 Å². The molecule has 0 aliphatic carbocycles. The highest BCUT2D eigenvalue weighted by Gasteiger charge is 2.41. The quantitative estimate of drug-likeness (QED) is 0.293. The van der Waals surface area contributed by atoms with Crippen molar-refractivity contribution in [2.75, 3.05) is 12.4 Å². The van der Waals surface area contributed by atoms with Crippen molar-refractivity contribution in [2.24, 2.45) is 0 Å². The fourth-order valence-corrected chi connectivity index (χ4v) is 3.22. The number of hydrogen-bond donors (Lipinski definition) is 1. The van der Waals surface area contributed by atoms with E-state index in [1.54, 1.807) is 0 Å². The Bertz CT molecular complexity index is 245. The molecular weight excluding hydrogens is 178 g/mol. The predicted molar refractivity (Wildman–Crippen MR) is 34.9 cm³/mol. The standard InChI is InChI=1S/C3H5NO4S2/c5-3-1-4-2-9(3)10(6,7)8/h4H,1-2H2. The zero-order valence-corrected chi connectivity index (χ0v) is 6.50. The zero-order chi connectivity index (χ0) is 7.78. The molecule has 1 atom stereocenters. The van der Waals surface area contributed by atoms with Crippen LogP contribution in [0.15, 0.2) is 0 Å². The lowest BCUT2D eigenvalue weighted by atomic mass is 10.7. The Morgan fingerprint density at radius 2 is 2.20 bits per heavy atom. The van der Waals surface area contributed by atoms with Gasteiger partial charge in [0.05, 0.1) is 0 Å². The molecule has 1 aliphatic heterocycles. The van der Waals surface area contributed by atoms with Crippen LogP contribution in [0.2, 0.25) is 0 Å². The monoisotopic (exact) mass is 183 g/mol. The van der Waals surface area contributed by atoms with Crippen LogP contribution in [0.25, 0.3) is 0 Å². The highest BCUT2D eigenvalue weighted by Crippen LogP contribution is 2.09. The molecule has 0 saturated carbocycles. The van der Waals surface area contributed by atoms with Crippen molar-refractivity contribution in [2.45, 2.75) is 0 Å². The first-order chi connectivity index (χ1) is 4.52. The molecule has 0 aromatic carbocycles. The van der Waals surface area contributed by atoms with E-state index in [2.05, 4.69) is 5.32 Å². The van der Waals surface area contributed by atoms with E-state index in [4.69, 9.17) is 0 Å². The lowest BCUT2D eigenvalue weighted by Gasteiger charge is -1.99. The summed E-state index contributed by atoms with van der Waals surface area (Å²) in [6, 6.07) is 0. The van der Waals surface area contributed by atoms with Gasteiger partial charge in [-0.25, -0.2) is 4.79 Å². The second kappa shape index (κ2) is 2.50. The van der Waals surface area contributed by atoms with Gasteiger partial charge < -0.3 is 4.55 Å². The van der Waals surface area contributed by atoms with Gasteiger partial charge in [0.15, 0.2) is 15.8 Å². The third-order valence-electron chi connectivity index (χ3n) is 1.00. The van der Waals surface area contributed by atoms with Gasteiger partial charge in [0.2, 0.25) is 0 Å². The topological polar surface area (TPSA) is 86.3 Å². The van der Waals surface area contributed by atoms with E-state index in [1.165, 1.54) is 0 Å². The first-order valence-corrected chi connectivity index (χ1v) is 5.74. The fraction of sp³-hybridized carbons (Fsp3) is 0.667. The average molecular weight is 183 g/mol. The van der Waals surface area contributed by atoms with E-state index in [0.29, 0.717) is 0 Å². The minimum atomic E-state index is -4.39. The molecule has 1 N–H and O–H groups in total. The summed E-state index contributed by atoms with van der Waals surface area (Å²) < 4.78 is 30.7. The fourth-order valence-electron chi connectivity index (χ4n) is 0.593. The van der Waals surface area contributed by atoms with Crippen molar-refractivity contribution < 1.29 is 17.8 Å². The Balaban J connectivity index is 2.84. The molecule has 0 aromatic heterocycles. The van der Waals surface area contributed by atoms with Crippen LogP contribution in [0.3, 0.4) is 0 Å². The van der Waals surface area contributed by atoms with Gasteiger partial charge in [-0.1, -0.05) is 0 Å². The molecule has 1 fully saturated rings. The summed E-state index contributed by atoms with van der Waals surface area (Å²) in [5.41, 5.74) is 0. The van der Waals surface area contributed by atoms with Gasteiger partial charge in [0.1, 0.15) is 6.54 Å². The normalized spacial score (nSPS) is 27.3. The smallest absolute Gasteiger partial charge is 0.362 e. The Morgan fingerprint density at radius 3 is 2.40 bits per heavy atom. The van der Waals surface area contributed by atoms with Crippen molar-refractivity contribution in [3.63, 3.8) is 0 Å². The Kier molecular flexibility index (Phi) is 1.99. The SMILES string of the molecule is O=C1CNC[S+]1S(=O)(=O)[O-]. The first-order valence-electron chi connectivity index (χ1n) is 2.42. The maximum atomic E-state index is 10.6. The summed E-state index contributed by atoms with van der Waals surface area (Å²) in [6.07, 6.45) is 0. The summed E-state index contributed by atoms with van der Waals surface area (Å²) in [5, 5.41) is 2.01. The van der Waals surface area contributed by atoms with Crippen molar-refractivity contribution in [3.05, 3.63) is 0 Å². The largest absolute Gasteiger partial charge is 0.707 e. The molecule has 0 spiro atoms. The summed E-state index contributed by atoms with van der Waals surface area (Å²) in [5.74, 6) is -0.00926. The summed E-state index contributed by atoms with van der Waals surface area (Å²) in [7, 11) is -6.01. The second-order valence-corrected chi connectivity index (χ2v) is 6.38. The van der Waals surface area contributed by atoms with Gasteiger partial charge >= 0.3 is 5.12 Å². The molecule has 1 rings (SSSR count).